The van der Waals surface area contributed by atoms with Gasteiger partial charge in [0.15, 0.2) is 17.3 Å². The largest absolute Gasteiger partial charge is 0.488 e. The van der Waals surface area contributed by atoms with Crippen LogP contribution in [0.2, 0.25) is 0 Å². The number of benzene rings is 2. The first-order chi connectivity index (χ1) is 12.7. The predicted octanol–water partition coefficient (Wildman–Crippen LogP) is 2.51. The summed E-state index contributed by atoms with van der Waals surface area (Å²) in [4.78, 5) is 14.9. The summed E-state index contributed by atoms with van der Waals surface area (Å²) < 4.78 is 36.6. The average Bonchev–Trinajstić information content (AvgIpc) is 3.08. The summed E-state index contributed by atoms with van der Waals surface area (Å²) in [6, 6.07) is 6.27. The molecule has 0 bridgehead atoms. The van der Waals surface area contributed by atoms with Gasteiger partial charge >= 0.3 is 0 Å². The van der Waals surface area contributed by atoms with E-state index in [4.69, 9.17) is 18.9 Å². The monoisotopic (exact) mass is 357 g/mol. The van der Waals surface area contributed by atoms with Gasteiger partial charge in [-0.1, -0.05) is 0 Å². The lowest BCUT2D eigenvalue weighted by atomic mass is 9.97. The van der Waals surface area contributed by atoms with Crippen molar-refractivity contribution in [2.24, 2.45) is 0 Å². The predicted molar refractivity (Wildman–Crippen MR) is 89.8 cm³/mol. The molecule has 0 aromatic heterocycles. The second kappa shape index (κ2) is 5.88. The Labute approximate surface area is 149 Å². The molecule has 2 aromatic rings. The van der Waals surface area contributed by atoms with Gasteiger partial charge in [0.05, 0.1) is 24.5 Å². The highest BCUT2D eigenvalue weighted by atomic mass is 19.1. The molecule has 2 aromatic carbocycles. The molecule has 0 unspecified atom stereocenters. The minimum absolute atomic E-state index is 0.112. The minimum Gasteiger partial charge on any atom is -0.488 e. The van der Waals surface area contributed by atoms with E-state index in [1.165, 1.54) is 6.07 Å². The second-order valence-corrected chi connectivity index (χ2v) is 6.38. The van der Waals surface area contributed by atoms with E-state index in [1.807, 2.05) is 4.90 Å². The van der Waals surface area contributed by atoms with Gasteiger partial charge in [-0.2, -0.15) is 0 Å². The van der Waals surface area contributed by atoms with E-state index in [-0.39, 0.29) is 19.2 Å². The molecule has 0 atom stereocenters. The molecule has 0 radical (unpaired) electrons. The number of ether oxygens (including phenoxy) is 4. The molecular weight excluding hydrogens is 341 g/mol. The molecule has 0 spiro atoms. The maximum absolute atomic E-state index is 14.7. The van der Waals surface area contributed by atoms with Crippen molar-refractivity contribution in [2.75, 3.05) is 38.0 Å². The summed E-state index contributed by atoms with van der Waals surface area (Å²) in [6.07, 6.45) is 0. The fourth-order valence-corrected chi connectivity index (χ4v) is 3.50. The molecular formula is C19H16FNO5. The molecule has 5 rings (SSSR count). The third kappa shape index (κ3) is 2.39. The fraction of sp³-hybridized carbons (Fsp3) is 0.316. The summed E-state index contributed by atoms with van der Waals surface area (Å²) in [5.74, 6) is 0.766. The molecule has 1 fully saturated rings. The van der Waals surface area contributed by atoms with Crippen molar-refractivity contribution in [3.05, 3.63) is 46.8 Å². The van der Waals surface area contributed by atoms with Gasteiger partial charge in [-0.3, -0.25) is 4.79 Å². The molecule has 0 amide bonds. The third-order valence-corrected chi connectivity index (χ3v) is 4.87. The number of ketones is 1. The molecule has 3 heterocycles. The van der Waals surface area contributed by atoms with Crippen LogP contribution in [-0.2, 0) is 11.3 Å². The summed E-state index contributed by atoms with van der Waals surface area (Å²) >= 11 is 0. The van der Waals surface area contributed by atoms with E-state index in [0.29, 0.717) is 65.9 Å². The van der Waals surface area contributed by atoms with Crippen LogP contribution in [0.25, 0.3) is 0 Å². The topological polar surface area (TPSA) is 57.2 Å². The quantitative estimate of drug-likeness (QED) is 0.782. The number of rotatable bonds is 1. The first-order valence-corrected chi connectivity index (χ1v) is 8.47. The number of hydrogen-bond donors (Lipinski definition) is 0. The van der Waals surface area contributed by atoms with E-state index in [0.717, 1.165) is 0 Å². The fourth-order valence-electron chi connectivity index (χ4n) is 3.50. The van der Waals surface area contributed by atoms with Crippen molar-refractivity contribution in [1.29, 1.82) is 0 Å². The highest BCUT2D eigenvalue weighted by Gasteiger charge is 2.29. The minimum atomic E-state index is -0.414. The maximum Gasteiger partial charge on any atom is 0.231 e. The second-order valence-electron chi connectivity index (χ2n) is 6.38. The Balaban J connectivity index is 1.57. The molecule has 0 saturated carbocycles. The van der Waals surface area contributed by atoms with Crippen LogP contribution in [0.15, 0.2) is 24.3 Å². The van der Waals surface area contributed by atoms with E-state index in [1.54, 1.807) is 18.2 Å². The summed E-state index contributed by atoms with van der Waals surface area (Å²) in [7, 11) is 0. The molecule has 26 heavy (non-hydrogen) atoms. The Morgan fingerprint density at radius 2 is 1.65 bits per heavy atom. The summed E-state index contributed by atoms with van der Waals surface area (Å²) in [5.41, 5.74) is 1.81. The van der Waals surface area contributed by atoms with E-state index < -0.39 is 5.82 Å². The van der Waals surface area contributed by atoms with Crippen LogP contribution in [0.3, 0.4) is 0 Å². The lowest BCUT2D eigenvalue weighted by Gasteiger charge is -2.29. The van der Waals surface area contributed by atoms with Crippen molar-refractivity contribution in [3.63, 3.8) is 0 Å². The molecule has 3 aliphatic heterocycles. The summed E-state index contributed by atoms with van der Waals surface area (Å²) in [5, 5.41) is 0. The zero-order valence-corrected chi connectivity index (χ0v) is 13.9. The maximum atomic E-state index is 14.7. The number of anilines is 1. The van der Waals surface area contributed by atoms with Crippen LogP contribution in [0.5, 0.6) is 17.2 Å². The number of hydrogen-bond acceptors (Lipinski definition) is 6. The average molecular weight is 357 g/mol. The molecule has 1 saturated heterocycles. The molecule has 6 nitrogen and oxygen atoms in total. The zero-order valence-electron chi connectivity index (χ0n) is 13.9. The van der Waals surface area contributed by atoms with E-state index >= 15 is 0 Å². The lowest BCUT2D eigenvalue weighted by molar-refractivity contribution is 0.103. The standard InChI is InChI=1S/C19H16FNO5/c20-14-6-12-11(5-15(14)21-1-3-23-4-2-21)9-24-16-8-18-17(25-10-26-18)7-13(16)19(12)22/h5-8H,1-4,9-10H2. The highest BCUT2D eigenvalue weighted by Crippen LogP contribution is 2.41. The third-order valence-electron chi connectivity index (χ3n) is 4.87. The van der Waals surface area contributed by atoms with Gasteiger partial charge in [0.2, 0.25) is 6.79 Å². The number of nitrogens with zero attached hydrogens (tertiary/aromatic N) is 1. The highest BCUT2D eigenvalue weighted by molar-refractivity contribution is 6.12. The SMILES string of the molecule is O=C1c2cc(F)c(N3CCOCC3)cc2COc2cc3c(cc21)OCO3. The Morgan fingerprint density at radius 1 is 0.885 bits per heavy atom. The number of halogens is 1. The molecule has 134 valence electrons. The van der Waals surface area contributed by atoms with Crippen molar-refractivity contribution < 1.29 is 28.1 Å². The normalized spacial score (nSPS) is 18.0. The van der Waals surface area contributed by atoms with Gasteiger partial charge in [-0.05, 0) is 18.2 Å². The lowest BCUT2D eigenvalue weighted by Crippen LogP contribution is -2.36. The smallest absolute Gasteiger partial charge is 0.231 e. The first-order valence-electron chi connectivity index (χ1n) is 8.47. The summed E-state index contributed by atoms with van der Waals surface area (Å²) in [6.45, 7) is 2.65. The van der Waals surface area contributed by atoms with E-state index in [2.05, 4.69) is 0 Å². The van der Waals surface area contributed by atoms with Gasteiger partial charge in [0.25, 0.3) is 0 Å². The Morgan fingerprint density at radius 3 is 2.46 bits per heavy atom. The Hall–Kier alpha value is -2.80. The van der Waals surface area contributed by atoms with Crippen LogP contribution in [-0.4, -0.2) is 38.9 Å². The van der Waals surface area contributed by atoms with Gasteiger partial charge in [-0.15, -0.1) is 0 Å². The van der Waals surface area contributed by atoms with Crippen molar-refractivity contribution in [2.45, 2.75) is 6.61 Å². The molecule has 0 aliphatic carbocycles. The molecule has 3 aliphatic rings. The van der Waals surface area contributed by atoms with Gasteiger partial charge in [0.1, 0.15) is 18.2 Å². The first kappa shape index (κ1) is 15.5. The molecule has 7 heteroatoms. The van der Waals surface area contributed by atoms with Crippen LogP contribution >= 0.6 is 0 Å². The van der Waals surface area contributed by atoms with Gasteiger partial charge < -0.3 is 23.8 Å². The van der Waals surface area contributed by atoms with Crippen molar-refractivity contribution in [3.8, 4) is 17.2 Å². The van der Waals surface area contributed by atoms with Crippen molar-refractivity contribution in [1.82, 2.24) is 0 Å². The van der Waals surface area contributed by atoms with Crippen LogP contribution in [0.1, 0.15) is 21.5 Å². The molecule has 0 N–H and O–H groups in total. The van der Waals surface area contributed by atoms with Crippen LogP contribution in [0.4, 0.5) is 10.1 Å². The van der Waals surface area contributed by atoms with E-state index in [9.17, 15) is 9.18 Å². The van der Waals surface area contributed by atoms with Gasteiger partial charge in [-0.25, -0.2) is 4.39 Å². The van der Waals surface area contributed by atoms with Gasteiger partial charge in [0, 0.05) is 30.3 Å². The Bertz CT molecular complexity index is 907. The number of carbonyl (C=O) groups excluding carboxylic acids is 1. The van der Waals surface area contributed by atoms with Crippen LogP contribution < -0.4 is 19.1 Å². The van der Waals surface area contributed by atoms with Crippen molar-refractivity contribution >= 4 is 11.5 Å². The zero-order chi connectivity index (χ0) is 17.7. The number of morpholine rings is 1. The van der Waals surface area contributed by atoms with Crippen LogP contribution in [0, 0.1) is 5.82 Å². The Kier molecular flexibility index (Phi) is 3.49. The number of carbonyl (C=O) groups is 1. The number of fused-ring (bicyclic) bond motifs is 3.